The number of aryl methyl sites for hydroxylation is 1. The molecule has 0 saturated carbocycles. The lowest BCUT2D eigenvalue weighted by molar-refractivity contribution is 0.122. The van der Waals surface area contributed by atoms with Crippen LogP contribution in [0.25, 0.3) is 11.4 Å². The Morgan fingerprint density at radius 1 is 1.17 bits per heavy atom. The van der Waals surface area contributed by atoms with Gasteiger partial charge in [-0.15, -0.1) is 0 Å². The van der Waals surface area contributed by atoms with Crippen LogP contribution in [0, 0.1) is 18.3 Å². The first-order chi connectivity index (χ1) is 14.7. The second-order valence-corrected chi connectivity index (χ2v) is 6.95. The number of nitrogens with two attached hydrogens (primary N) is 1. The normalized spacial score (nSPS) is 13.7. The van der Waals surface area contributed by atoms with Gasteiger partial charge in [0.05, 0.1) is 30.4 Å². The summed E-state index contributed by atoms with van der Waals surface area (Å²) in [6.45, 7) is 5.17. The van der Waals surface area contributed by atoms with Gasteiger partial charge in [-0.2, -0.15) is 5.26 Å². The summed E-state index contributed by atoms with van der Waals surface area (Å²) in [5.41, 5.74) is 8.57. The molecule has 0 spiro atoms. The predicted octanol–water partition coefficient (Wildman–Crippen LogP) is 2.81. The van der Waals surface area contributed by atoms with Crippen LogP contribution in [0.5, 0.6) is 11.5 Å². The average Bonchev–Trinajstić information content (AvgIpc) is 2.81. The number of anilines is 1. The van der Waals surface area contributed by atoms with Crippen LogP contribution in [-0.2, 0) is 11.3 Å². The summed E-state index contributed by atoms with van der Waals surface area (Å²) in [5.74, 6) is 2.47. The molecule has 2 N–H and O–H groups in total. The highest BCUT2D eigenvalue weighted by Crippen LogP contribution is 2.35. The molecule has 4 rings (SSSR count). The molecular formula is C22H22N6O2. The fourth-order valence-electron chi connectivity index (χ4n) is 3.22. The van der Waals surface area contributed by atoms with E-state index in [9.17, 15) is 5.26 Å². The summed E-state index contributed by atoms with van der Waals surface area (Å²) in [6, 6.07) is 9.48. The number of pyridine rings is 1. The second kappa shape index (κ2) is 8.86. The summed E-state index contributed by atoms with van der Waals surface area (Å²) < 4.78 is 11.6. The smallest absolute Gasteiger partial charge is 0.162 e. The third kappa shape index (κ3) is 4.22. The number of benzene rings is 1. The standard InChI is InChI=1S/C22H22N6O2/c1-15-8-19(22-26-13-16(11-23)14-27-22)20(9-17(15)12-24)30-18-2-3-25-21(10-18)28-4-6-29-7-5-28/h2-3,8-10,13-14H,4-7,11,23H2,1H3. The Morgan fingerprint density at radius 2 is 1.93 bits per heavy atom. The molecule has 0 atom stereocenters. The molecule has 1 saturated heterocycles. The SMILES string of the molecule is Cc1cc(-c2ncc(CN)cn2)c(Oc2ccnc(N3CCOCC3)c2)cc1C#N. The van der Waals surface area contributed by atoms with E-state index in [4.69, 9.17) is 15.2 Å². The van der Waals surface area contributed by atoms with Gasteiger partial charge in [-0.1, -0.05) is 0 Å². The molecule has 0 aliphatic carbocycles. The van der Waals surface area contributed by atoms with E-state index < -0.39 is 0 Å². The minimum Gasteiger partial charge on any atom is -0.456 e. The van der Waals surface area contributed by atoms with E-state index in [1.54, 1.807) is 30.7 Å². The average molecular weight is 402 g/mol. The fourth-order valence-corrected chi connectivity index (χ4v) is 3.22. The number of morpholine rings is 1. The summed E-state index contributed by atoms with van der Waals surface area (Å²) in [4.78, 5) is 15.5. The molecule has 1 aliphatic heterocycles. The van der Waals surface area contributed by atoms with Gasteiger partial charge in [0, 0.05) is 49.9 Å². The lowest BCUT2D eigenvalue weighted by atomic mass is 10.0. The van der Waals surface area contributed by atoms with E-state index in [0.717, 1.165) is 30.0 Å². The Bertz CT molecular complexity index is 1070. The molecule has 3 heterocycles. The molecule has 30 heavy (non-hydrogen) atoms. The number of aromatic nitrogens is 3. The Kier molecular flexibility index (Phi) is 5.84. The molecule has 1 fully saturated rings. The van der Waals surface area contributed by atoms with Crippen LogP contribution in [-0.4, -0.2) is 41.3 Å². The van der Waals surface area contributed by atoms with Crippen LogP contribution in [0.1, 0.15) is 16.7 Å². The first-order valence-corrected chi connectivity index (χ1v) is 9.70. The highest BCUT2D eigenvalue weighted by Gasteiger charge is 2.16. The second-order valence-electron chi connectivity index (χ2n) is 6.95. The van der Waals surface area contributed by atoms with Crippen molar-refractivity contribution in [1.82, 2.24) is 15.0 Å². The van der Waals surface area contributed by atoms with Crippen molar-refractivity contribution in [3.05, 3.63) is 59.5 Å². The minimum absolute atomic E-state index is 0.372. The van der Waals surface area contributed by atoms with E-state index in [1.165, 1.54) is 0 Å². The molecule has 1 aromatic carbocycles. The molecule has 0 bridgehead atoms. The van der Waals surface area contributed by atoms with Crippen molar-refractivity contribution in [3.8, 4) is 29.0 Å². The summed E-state index contributed by atoms with van der Waals surface area (Å²) in [5, 5.41) is 9.47. The van der Waals surface area contributed by atoms with E-state index in [2.05, 4.69) is 25.9 Å². The molecule has 8 nitrogen and oxygen atoms in total. The summed E-state index contributed by atoms with van der Waals surface area (Å²) in [6.07, 6.45) is 5.11. The molecule has 0 radical (unpaired) electrons. The Labute approximate surface area is 174 Å². The van der Waals surface area contributed by atoms with Gasteiger partial charge in [0.25, 0.3) is 0 Å². The molecular weight excluding hydrogens is 380 g/mol. The summed E-state index contributed by atoms with van der Waals surface area (Å²) in [7, 11) is 0. The monoisotopic (exact) mass is 402 g/mol. The molecule has 0 amide bonds. The third-order valence-electron chi connectivity index (χ3n) is 4.91. The predicted molar refractivity (Wildman–Crippen MR) is 112 cm³/mol. The topological polar surface area (TPSA) is 110 Å². The molecule has 8 heteroatoms. The largest absolute Gasteiger partial charge is 0.456 e. The van der Waals surface area contributed by atoms with Gasteiger partial charge >= 0.3 is 0 Å². The van der Waals surface area contributed by atoms with Crippen molar-refractivity contribution in [1.29, 1.82) is 5.26 Å². The van der Waals surface area contributed by atoms with Crippen LogP contribution < -0.4 is 15.4 Å². The zero-order chi connectivity index (χ0) is 20.9. The number of hydrogen-bond acceptors (Lipinski definition) is 8. The van der Waals surface area contributed by atoms with E-state index in [0.29, 0.717) is 48.2 Å². The zero-order valence-electron chi connectivity index (χ0n) is 16.7. The van der Waals surface area contributed by atoms with Crippen LogP contribution in [0.2, 0.25) is 0 Å². The van der Waals surface area contributed by atoms with Gasteiger partial charge in [-0.3, -0.25) is 0 Å². The minimum atomic E-state index is 0.372. The highest BCUT2D eigenvalue weighted by molar-refractivity contribution is 5.68. The Morgan fingerprint density at radius 3 is 2.63 bits per heavy atom. The molecule has 3 aromatic rings. The van der Waals surface area contributed by atoms with Crippen molar-refractivity contribution in [2.45, 2.75) is 13.5 Å². The summed E-state index contributed by atoms with van der Waals surface area (Å²) >= 11 is 0. The van der Waals surface area contributed by atoms with Crippen LogP contribution in [0.15, 0.2) is 42.9 Å². The van der Waals surface area contributed by atoms with Crippen molar-refractivity contribution in [2.75, 3.05) is 31.2 Å². The maximum Gasteiger partial charge on any atom is 0.162 e. The third-order valence-corrected chi connectivity index (χ3v) is 4.91. The van der Waals surface area contributed by atoms with Crippen molar-refractivity contribution < 1.29 is 9.47 Å². The van der Waals surface area contributed by atoms with Gasteiger partial charge < -0.3 is 20.1 Å². The number of nitrogens with zero attached hydrogens (tertiary/aromatic N) is 5. The molecule has 152 valence electrons. The van der Waals surface area contributed by atoms with Crippen molar-refractivity contribution in [3.63, 3.8) is 0 Å². The van der Waals surface area contributed by atoms with Gasteiger partial charge in [-0.05, 0) is 30.7 Å². The maximum absolute atomic E-state index is 9.47. The van der Waals surface area contributed by atoms with Crippen LogP contribution >= 0.6 is 0 Å². The number of hydrogen-bond donors (Lipinski definition) is 1. The maximum atomic E-state index is 9.47. The number of ether oxygens (including phenoxy) is 2. The van der Waals surface area contributed by atoms with Gasteiger partial charge in [0.1, 0.15) is 17.3 Å². The Balaban J connectivity index is 1.70. The van der Waals surface area contributed by atoms with Gasteiger partial charge in [0.15, 0.2) is 5.82 Å². The van der Waals surface area contributed by atoms with E-state index in [-0.39, 0.29) is 0 Å². The lowest BCUT2D eigenvalue weighted by Crippen LogP contribution is -2.36. The Hall–Kier alpha value is -3.54. The molecule has 1 aliphatic rings. The number of nitriles is 1. The highest BCUT2D eigenvalue weighted by atomic mass is 16.5. The molecule has 2 aromatic heterocycles. The van der Waals surface area contributed by atoms with Crippen molar-refractivity contribution >= 4 is 5.82 Å². The quantitative estimate of drug-likeness (QED) is 0.694. The first-order valence-electron chi connectivity index (χ1n) is 9.70. The lowest BCUT2D eigenvalue weighted by Gasteiger charge is -2.27. The number of rotatable bonds is 5. The molecule has 0 unspecified atom stereocenters. The van der Waals surface area contributed by atoms with Crippen LogP contribution in [0.4, 0.5) is 5.82 Å². The first kappa shape index (κ1) is 19.8. The van der Waals surface area contributed by atoms with E-state index in [1.807, 2.05) is 19.1 Å². The van der Waals surface area contributed by atoms with E-state index >= 15 is 0 Å². The van der Waals surface area contributed by atoms with Gasteiger partial charge in [-0.25, -0.2) is 15.0 Å². The fraction of sp³-hybridized carbons (Fsp3) is 0.273. The van der Waals surface area contributed by atoms with Gasteiger partial charge in [0.2, 0.25) is 0 Å². The van der Waals surface area contributed by atoms with Crippen molar-refractivity contribution in [2.24, 2.45) is 5.73 Å². The van der Waals surface area contributed by atoms with Crippen LogP contribution in [0.3, 0.4) is 0 Å². The zero-order valence-corrected chi connectivity index (χ0v) is 16.7.